The maximum absolute atomic E-state index is 12.4. The van der Waals surface area contributed by atoms with E-state index in [4.69, 9.17) is 10.5 Å². The zero-order valence-electron chi connectivity index (χ0n) is 14.9. The van der Waals surface area contributed by atoms with Crippen molar-refractivity contribution in [1.29, 1.82) is 0 Å². The van der Waals surface area contributed by atoms with Gasteiger partial charge in [-0.25, -0.2) is 0 Å². The van der Waals surface area contributed by atoms with E-state index in [1.807, 2.05) is 30.3 Å². The molecule has 26 heavy (non-hydrogen) atoms. The molecule has 1 aliphatic heterocycles. The monoisotopic (exact) mass is 381 g/mol. The lowest BCUT2D eigenvalue weighted by atomic mass is 9.85. The summed E-state index contributed by atoms with van der Waals surface area (Å²) in [6, 6.07) is 9.57. The van der Waals surface area contributed by atoms with Crippen molar-refractivity contribution in [1.82, 2.24) is 10.2 Å². The van der Waals surface area contributed by atoms with E-state index in [1.54, 1.807) is 4.90 Å². The van der Waals surface area contributed by atoms with E-state index in [-0.39, 0.29) is 42.2 Å². The molecule has 0 radical (unpaired) electrons. The Bertz CT molecular complexity index is 599. The fourth-order valence-electron chi connectivity index (χ4n) is 3.66. The second kappa shape index (κ2) is 9.78. The van der Waals surface area contributed by atoms with Gasteiger partial charge in [0.25, 0.3) is 0 Å². The number of likely N-dealkylation sites (tertiary alicyclic amines) is 1. The number of amides is 2. The highest BCUT2D eigenvalue weighted by molar-refractivity contribution is 5.85. The summed E-state index contributed by atoms with van der Waals surface area (Å²) < 4.78 is 5.64. The number of nitrogens with one attached hydrogen (secondary N) is 1. The van der Waals surface area contributed by atoms with E-state index < -0.39 is 0 Å². The molecule has 3 atom stereocenters. The van der Waals surface area contributed by atoms with Gasteiger partial charge in [-0.05, 0) is 31.4 Å². The lowest BCUT2D eigenvalue weighted by molar-refractivity contribution is -0.128. The molecule has 2 aliphatic rings. The molecule has 2 amide bonds. The minimum atomic E-state index is -0.102. The highest BCUT2D eigenvalue weighted by Crippen LogP contribution is 2.24. The summed E-state index contributed by atoms with van der Waals surface area (Å²) in [7, 11) is 0. The quantitative estimate of drug-likeness (QED) is 0.785. The van der Waals surface area contributed by atoms with Gasteiger partial charge in [0.2, 0.25) is 11.8 Å². The van der Waals surface area contributed by atoms with Gasteiger partial charge in [0.05, 0.1) is 12.6 Å². The van der Waals surface area contributed by atoms with Gasteiger partial charge in [0, 0.05) is 24.9 Å². The lowest BCUT2D eigenvalue weighted by Gasteiger charge is -2.26. The number of ether oxygens (including phenoxy) is 1. The Hall–Kier alpha value is -1.79. The van der Waals surface area contributed by atoms with E-state index in [2.05, 4.69) is 5.32 Å². The minimum Gasteiger partial charge on any atom is -0.492 e. The molecule has 3 unspecified atom stereocenters. The minimum absolute atomic E-state index is 0. The average molecular weight is 382 g/mol. The van der Waals surface area contributed by atoms with E-state index >= 15 is 0 Å². The first-order valence-corrected chi connectivity index (χ1v) is 9.13. The van der Waals surface area contributed by atoms with Gasteiger partial charge < -0.3 is 20.7 Å². The maximum Gasteiger partial charge on any atom is 0.224 e. The van der Waals surface area contributed by atoms with Crippen molar-refractivity contribution >= 4 is 24.2 Å². The summed E-state index contributed by atoms with van der Waals surface area (Å²) in [5.74, 6) is 0.916. The largest absolute Gasteiger partial charge is 0.492 e. The summed E-state index contributed by atoms with van der Waals surface area (Å²) in [5.41, 5.74) is 5.96. The number of halogens is 1. The number of benzene rings is 1. The van der Waals surface area contributed by atoms with Crippen LogP contribution in [0, 0.1) is 5.92 Å². The van der Waals surface area contributed by atoms with Gasteiger partial charge in [0.15, 0.2) is 0 Å². The molecule has 0 aromatic heterocycles. The van der Waals surface area contributed by atoms with E-state index in [0.29, 0.717) is 26.1 Å². The Kier molecular flexibility index (Phi) is 7.72. The summed E-state index contributed by atoms with van der Waals surface area (Å²) in [5, 5.41) is 3.04. The zero-order valence-corrected chi connectivity index (χ0v) is 15.7. The van der Waals surface area contributed by atoms with Gasteiger partial charge in [-0.3, -0.25) is 9.59 Å². The second-order valence-corrected chi connectivity index (χ2v) is 7.03. The Morgan fingerprint density at radius 2 is 2.04 bits per heavy atom. The third-order valence-electron chi connectivity index (χ3n) is 5.02. The third kappa shape index (κ3) is 5.61. The van der Waals surface area contributed by atoms with Crippen LogP contribution in [0.25, 0.3) is 0 Å². The van der Waals surface area contributed by atoms with Crippen LogP contribution in [0.5, 0.6) is 5.75 Å². The van der Waals surface area contributed by atoms with Crippen LogP contribution in [0.3, 0.4) is 0 Å². The Morgan fingerprint density at radius 1 is 1.27 bits per heavy atom. The predicted molar refractivity (Wildman–Crippen MR) is 102 cm³/mol. The van der Waals surface area contributed by atoms with Gasteiger partial charge in [-0.2, -0.15) is 0 Å². The SMILES string of the molecule is Cl.NC1CCCC(C(=O)NC2CC(=O)N(CCOc3ccccc3)C2)C1. The van der Waals surface area contributed by atoms with Crippen LogP contribution < -0.4 is 15.8 Å². The molecule has 144 valence electrons. The number of para-hydroxylation sites is 1. The number of nitrogens with zero attached hydrogens (tertiary/aromatic N) is 1. The van der Waals surface area contributed by atoms with E-state index in [9.17, 15) is 9.59 Å². The molecule has 6 nitrogen and oxygen atoms in total. The Labute approximate surface area is 160 Å². The van der Waals surface area contributed by atoms with Crippen LogP contribution in [-0.2, 0) is 9.59 Å². The van der Waals surface area contributed by atoms with Crippen molar-refractivity contribution in [2.45, 2.75) is 44.2 Å². The molecule has 3 rings (SSSR count). The molecule has 1 aromatic carbocycles. The van der Waals surface area contributed by atoms with Crippen molar-refractivity contribution in [3.8, 4) is 5.75 Å². The fourth-order valence-corrected chi connectivity index (χ4v) is 3.66. The molecule has 2 fully saturated rings. The van der Waals surface area contributed by atoms with Gasteiger partial charge in [-0.15, -0.1) is 12.4 Å². The number of carbonyl (C=O) groups is 2. The van der Waals surface area contributed by atoms with Crippen LogP contribution >= 0.6 is 12.4 Å². The molecule has 0 bridgehead atoms. The molecule has 1 heterocycles. The standard InChI is InChI=1S/C19H27N3O3.ClH/c20-15-6-4-5-14(11-15)19(24)21-16-12-18(23)22(13-16)9-10-25-17-7-2-1-3-8-17;/h1-3,7-8,14-16H,4-6,9-13,20H2,(H,21,24);1H. The van der Waals surface area contributed by atoms with Gasteiger partial charge in [0.1, 0.15) is 12.4 Å². The van der Waals surface area contributed by atoms with Crippen LogP contribution in [0.4, 0.5) is 0 Å². The van der Waals surface area contributed by atoms with Crippen LogP contribution in [0.15, 0.2) is 30.3 Å². The predicted octanol–water partition coefficient (Wildman–Crippen LogP) is 1.72. The lowest BCUT2D eigenvalue weighted by Crippen LogP contribution is -2.43. The second-order valence-electron chi connectivity index (χ2n) is 7.03. The Balaban J connectivity index is 0.00000243. The highest BCUT2D eigenvalue weighted by Gasteiger charge is 2.33. The first kappa shape index (κ1) is 20.5. The van der Waals surface area contributed by atoms with Crippen molar-refractivity contribution in [3.63, 3.8) is 0 Å². The molecule has 1 aliphatic carbocycles. The molecule has 7 heteroatoms. The first-order valence-electron chi connectivity index (χ1n) is 9.13. The average Bonchev–Trinajstić information content (AvgIpc) is 2.95. The summed E-state index contributed by atoms with van der Waals surface area (Å²) in [4.78, 5) is 26.3. The third-order valence-corrected chi connectivity index (χ3v) is 5.02. The molecular formula is C19H28ClN3O3. The van der Waals surface area contributed by atoms with Gasteiger partial charge >= 0.3 is 0 Å². The zero-order chi connectivity index (χ0) is 17.6. The first-order chi connectivity index (χ1) is 12.1. The Morgan fingerprint density at radius 3 is 2.77 bits per heavy atom. The fraction of sp³-hybridized carbons (Fsp3) is 0.579. The van der Waals surface area contributed by atoms with Crippen molar-refractivity contribution in [2.24, 2.45) is 11.7 Å². The number of carbonyl (C=O) groups excluding carboxylic acids is 2. The van der Waals surface area contributed by atoms with Crippen molar-refractivity contribution < 1.29 is 14.3 Å². The maximum atomic E-state index is 12.4. The number of nitrogens with two attached hydrogens (primary N) is 1. The molecular weight excluding hydrogens is 354 g/mol. The van der Waals surface area contributed by atoms with Crippen LogP contribution in [0.1, 0.15) is 32.1 Å². The van der Waals surface area contributed by atoms with Gasteiger partial charge in [-0.1, -0.05) is 24.6 Å². The molecule has 1 aromatic rings. The van der Waals surface area contributed by atoms with E-state index in [0.717, 1.165) is 31.4 Å². The van der Waals surface area contributed by atoms with Crippen LogP contribution in [-0.4, -0.2) is 48.5 Å². The summed E-state index contributed by atoms with van der Waals surface area (Å²) in [6.45, 7) is 1.55. The number of rotatable bonds is 6. The highest BCUT2D eigenvalue weighted by atomic mass is 35.5. The molecule has 1 saturated heterocycles. The topological polar surface area (TPSA) is 84.7 Å². The van der Waals surface area contributed by atoms with E-state index in [1.165, 1.54) is 0 Å². The number of hydrogen-bond donors (Lipinski definition) is 2. The molecule has 0 spiro atoms. The normalized spacial score (nSPS) is 25.5. The smallest absolute Gasteiger partial charge is 0.224 e. The summed E-state index contributed by atoms with van der Waals surface area (Å²) in [6.07, 6.45) is 4.03. The molecule has 3 N–H and O–H groups in total. The van der Waals surface area contributed by atoms with Crippen molar-refractivity contribution in [2.75, 3.05) is 19.7 Å². The van der Waals surface area contributed by atoms with Crippen LogP contribution in [0.2, 0.25) is 0 Å². The summed E-state index contributed by atoms with van der Waals surface area (Å²) >= 11 is 0. The number of hydrogen-bond acceptors (Lipinski definition) is 4. The molecule has 1 saturated carbocycles. The van der Waals surface area contributed by atoms with Crippen molar-refractivity contribution in [3.05, 3.63) is 30.3 Å².